The van der Waals surface area contributed by atoms with E-state index in [2.05, 4.69) is 33.7 Å². The summed E-state index contributed by atoms with van der Waals surface area (Å²) in [4.78, 5) is 2.62. The number of rotatable bonds is 0. The van der Waals surface area contributed by atoms with Gasteiger partial charge in [-0.1, -0.05) is 18.2 Å². The highest BCUT2D eigenvalue weighted by Crippen LogP contribution is 2.48. The second-order valence-corrected chi connectivity index (χ2v) is 6.60. The summed E-state index contributed by atoms with van der Waals surface area (Å²) in [5.41, 5.74) is 4.40. The van der Waals surface area contributed by atoms with Crippen molar-refractivity contribution in [2.75, 3.05) is 13.1 Å². The first kappa shape index (κ1) is 11.4. The van der Waals surface area contributed by atoms with Crippen LogP contribution in [0.2, 0.25) is 0 Å². The van der Waals surface area contributed by atoms with E-state index in [1.54, 1.807) is 5.56 Å². The first-order valence-corrected chi connectivity index (χ1v) is 7.87. The molecule has 3 aliphatic rings. The Bertz CT molecular complexity index is 690. The van der Waals surface area contributed by atoms with E-state index >= 15 is 0 Å². The predicted octanol–water partition coefficient (Wildman–Crippen LogP) is 2.33. The lowest BCUT2D eigenvalue weighted by molar-refractivity contribution is -0.0288. The molecule has 0 aliphatic carbocycles. The number of para-hydroxylation sites is 1. The van der Waals surface area contributed by atoms with Crippen molar-refractivity contribution in [3.8, 4) is 0 Å². The number of hydrogen-bond acceptors (Lipinski definition) is 2. The molecular formula is C17H20N2O. The summed E-state index contributed by atoms with van der Waals surface area (Å²) < 4.78 is 2.41. The van der Waals surface area contributed by atoms with Gasteiger partial charge in [-0.05, 0) is 37.4 Å². The molecule has 0 spiro atoms. The van der Waals surface area contributed by atoms with E-state index in [1.807, 2.05) is 0 Å². The molecule has 1 aromatic carbocycles. The summed E-state index contributed by atoms with van der Waals surface area (Å²) in [5.74, 6) is 0.444. The highest BCUT2D eigenvalue weighted by molar-refractivity contribution is 5.86. The molecule has 0 bridgehead atoms. The molecule has 3 atom stereocenters. The molecule has 1 unspecified atom stereocenters. The van der Waals surface area contributed by atoms with Crippen LogP contribution in [0, 0.1) is 5.92 Å². The summed E-state index contributed by atoms with van der Waals surface area (Å²) >= 11 is 0. The maximum absolute atomic E-state index is 10.6. The summed E-state index contributed by atoms with van der Waals surface area (Å²) in [6.45, 7) is 3.15. The topological polar surface area (TPSA) is 28.4 Å². The van der Waals surface area contributed by atoms with E-state index in [-0.39, 0.29) is 6.10 Å². The Labute approximate surface area is 118 Å². The van der Waals surface area contributed by atoms with Crippen molar-refractivity contribution in [2.45, 2.75) is 38.0 Å². The van der Waals surface area contributed by atoms with Gasteiger partial charge in [0, 0.05) is 35.6 Å². The molecule has 5 rings (SSSR count). The van der Waals surface area contributed by atoms with Crippen LogP contribution in [0.3, 0.4) is 0 Å². The van der Waals surface area contributed by atoms with Gasteiger partial charge in [0.05, 0.1) is 12.1 Å². The quantitative estimate of drug-likeness (QED) is 0.794. The smallest absolute Gasteiger partial charge is 0.0766 e. The second kappa shape index (κ2) is 3.86. The van der Waals surface area contributed by atoms with Gasteiger partial charge in [0.2, 0.25) is 0 Å². The largest absolute Gasteiger partial charge is 0.391 e. The third kappa shape index (κ3) is 1.28. The number of hydrogen-bond donors (Lipinski definition) is 1. The summed E-state index contributed by atoms with van der Waals surface area (Å²) in [6, 6.07) is 9.20. The zero-order chi connectivity index (χ0) is 13.3. The van der Waals surface area contributed by atoms with Gasteiger partial charge >= 0.3 is 0 Å². The van der Waals surface area contributed by atoms with Gasteiger partial charge in [-0.3, -0.25) is 4.90 Å². The average Bonchev–Trinajstić information content (AvgIpc) is 2.82. The van der Waals surface area contributed by atoms with Crippen LogP contribution in [0.15, 0.2) is 24.3 Å². The molecule has 4 heterocycles. The minimum absolute atomic E-state index is 0.183. The van der Waals surface area contributed by atoms with Crippen molar-refractivity contribution in [3.05, 3.63) is 35.5 Å². The fourth-order valence-corrected chi connectivity index (χ4v) is 4.90. The van der Waals surface area contributed by atoms with E-state index in [4.69, 9.17) is 0 Å². The third-order valence-electron chi connectivity index (χ3n) is 5.69. The van der Waals surface area contributed by atoms with Crippen LogP contribution in [-0.4, -0.2) is 33.8 Å². The zero-order valence-electron chi connectivity index (χ0n) is 11.6. The summed E-state index contributed by atoms with van der Waals surface area (Å²) in [5, 5.41) is 12.0. The number of aromatic nitrogens is 1. The van der Waals surface area contributed by atoms with Crippen molar-refractivity contribution in [3.63, 3.8) is 0 Å². The molecule has 20 heavy (non-hydrogen) atoms. The normalized spacial score (nSPS) is 32.4. The first-order valence-electron chi connectivity index (χ1n) is 7.87. The van der Waals surface area contributed by atoms with Crippen molar-refractivity contribution in [1.29, 1.82) is 0 Å². The molecule has 2 aromatic rings. The van der Waals surface area contributed by atoms with Gasteiger partial charge in [-0.2, -0.15) is 0 Å². The van der Waals surface area contributed by atoms with Gasteiger partial charge in [0.1, 0.15) is 0 Å². The van der Waals surface area contributed by atoms with Gasteiger partial charge in [-0.25, -0.2) is 0 Å². The maximum Gasteiger partial charge on any atom is 0.0766 e. The Morgan fingerprint density at radius 1 is 1.15 bits per heavy atom. The predicted molar refractivity (Wildman–Crippen MR) is 78.7 cm³/mol. The van der Waals surface area contributed by atoms with Crippen LogP contribution in [0.5, 0.6) is 0 Å². The highest BCUT2D eigenvalue weighted by Gasteiger charge is 2.45. The van der Waals surface area contributed by atoms with Gasteiger partial charge in [0.25, 0.3) is 0 Å². The molecule has 1 fully saturated rings. The molecule has 0 saturated carbocycles. The van der Waals surface area contributed by atoms with Crippen LogP contribution < -0.4 is 0 Å². The fourth-order valence-electron chi connectivity index (χ4n) is 4.90. The molecule has 104 valence electrons. The molecule has 0 radical (unpaired) electrons. The lowest BCUT2D eigenvalue weighted by Crippen LogP contribution is -2.51. The molecule has 1 saturated heterocycles. The van der Waals surface area contributed by atoms with Crippen molar-refractivity contribution < 1.29 is 5.11 Å². The Kier molecular flexibility index (Phi) is 2.19. The minimum atomic E-state index is -0.183. The van der Waals surface area contributed by atoms with Crippen LogP contribution >= 0.6 is 0 Å². The van der Waals surface area contributed by atoms with Crippen LogP contribution in [0.1, 0.15) is 30.1 Å². The SMILES string of the molecule is OC1Cn2c3c(c4ccccc42)CCN2CCC[C@H]1[C@H]32. The standard InChI is InChI=1S/C17H20N2O/c20-15-10-19-14-6-2-1-4-11(14)12-7-9-18-8-3-5-13(15)16(18)17(12)19/h1-2,4,6,13,15-16,20H,3,5,7-10H2/t13-,15?,16-/m1/s1. The lowest BCUT2D eigenvalue weighted by atomic mass is 9.77. The number of nitrogens with zero attached hydrogens (tertiary/aromatic N) is 2. The van der Waals surface area contributed by atoms with E-state index in [1.165, 1.54) is 42.4 Å². The third-order valence-corrected chi connectivity index (χ3v) is 5.69. The summed E-state index contributed by atoms with van der Waals surface area (Å²) in [7, 11) is 0. The number of aliphatic hydroxyl groups excluding tert-OH is 1. The van der Waals surface area contributed by atoms with Crippen LogP contribution in [-0.2, 0) is 13.0 Å². The molecule has 3 nitrogen and oxygen atoms in total. The average molecular weight is 268 g/mol. The number of fused-ring (bicyclic) bond motifs is 3. The maximum atomic E-state index is 10.6. The van der Waals surface area contributed by atoms with Crippen LogP contribution in [0.25, 0.3) is 10.9 Å². The highest BCUT2D eigenvalue weighted by atomic mass is 16.3. The number of aliphatic hydroxyl groups is 1. The summed E-state index contributed by atoms with van der Waals surface area (Å²) in [6.07, 6.45) is 3.41. The number of benzene rings is 1. The molecule has 0 amide bonds. The Balaban J connectivity index is 1.83. The van der Waals surface area contributed by atoms with E-state index < -0.39 is 0 Å². The molecule has 1 N–H and O–H groups in total. The molecule has 1 aromatic heterocycles. The van der Waals surface area contributed by atoms with Crippen molar-refractivity contribution in [1.82, 2.24) is 9.47 Å². The monoisotopic (exact) mass is 268 g/mol. The lowest BCUT2D eigenvalue weighted by Gasteiger charge is -2.49. The van der Waals surface area contributed by atoms with E-state index in [0.29, 0.717) is 12.0 Å². The second-order valence-electron chi connectivity index (χ2n) is 6.60. The van der Waals surface area contributed by atoms with Crippen LogP contribution in [0.4, 0.5) is 0 Å². The Morgan fingerprint density at radius 2 is 2.05 bits per heavy atom. The van der Waals surface area contributed by atoms with Gasteiger partial charge in [0.15, 0.2) is 0 Å². The van der Waals surface area contributed by atoms with Crippen molar-refractivity contribution in [2.24, 2.45) is 5.92 Å². The van der Waals surface area contributed by atoms with E-state index in [0.717, 1.165) is 13.1 Å². The zero-order valence-corrected chi connectivity index (χ0v) is 11.6. The van der Waals surface area contributed by atoms with Crippen molar-refractivity contribution >= 4 is 10.9 Å². The first-order chi connectivity index (χ1) is 9.84. The minimum Gasteiger partial charge on any atom is -0.391 e. The van der Waals surface area contributed by atoms with Gasteiger partial charge in [-0.15, -0.1) is 0 Å². The fraction of sp³-hybridized carbons (Fsp3) is 0.529. The Morgan fingerprint density at radius 3 is 3.00 bits per heavy atom. The molecule has 3 aliphatic heterocycles. The van der Waals surface area contributed by atoms with E-state index in [9.17, 15) is 5.11 Å². The molecule has 3 heteroatoms. The van der Waals surface area contributed by atoms with Gasteiger partial charge < -0.3 is 9.67 Å². The molecular weight excluding hydrogens is 248 g/mol. The Hall–Kier alpha value is -1.32. The number of piperidine rings is 1.